The summed E-state index contributed by atoms with van der Waals surface area (Å²) >= 11 is 12.3. The van der Waals surface area contributed by atoms with Crippen LogP contribution in [-0.2, 0) is 16.0 Å². The molecule has 9 heteroatoms. The van der Waals surface area contributed by atoms with Crippen molar-refractivity contribution in [2.45, 2.75) is 12.5 Å². The molecule has 4 rings (SSSR count). The summed E-state index contributed by atoms with van der Waals surface area (Å²) in [6.07, 6.45) is 3.51. The van der Waals surface area contributed by atoms with E-state index in [-0.39, 0.29) is 28.6 Å². The Labute approximate surface area is 164 Å². The van der Waals surface area contributed by atoms with E-state index in [1.165, 1.54) is 6.07 Å². The Kier molecular flexibility index (Phi) is 4.75. The Morgan fingerprint density at radius 1 is 1.33 bits per heavy atom. The number of carbonyl (C=O) groups excluding carboxylic acids is 2. The maximum absolute atomic E-state index is 14.1. The smallest absolute Gasteiger partial charge is 0.297 e. The molecule has 0 spiro atoms. The molecule has 1 fully saturated rings. The van der Waals surface area contributed by atoms with Gasteiger partial charge in [0, 0.05) is 19.2 Å². The van der Waals surface area contributed by atoms with Crippen molar-refractivity contribution in [3.8, 4) is 0 Å². The molecule has 1 aromatic carbocycles. The molecule has 0 radical (unpaired) electrons. The lowest BCUT2D eigenvalue weighted by Crippen LogP contribution is -2.48. The minimum absolute atomic E-state index is 0.133. The van der Waals surface area contributed by atoms with Crippen LogP contribution in [0, 0.1) is 11.7 Å². The predicted octanol–water partition coefficient (Wildman–Crippen LogP) is 1.65. The van der Waals surface area contributed by atoms with Crippen LogP contribution in [0.3, 0.4) is 0 Å². The topological polar surface area (TPSA) is 73.2 Å². The lowest BCUT2D eigenvalue weighted by molar-refractivity contribution is -0.491. The van der Waals surface area contributed by atoms with E-state index in [4.69, 9.17) is 23.2 Å². The van der Waals surface area contributed by atoms with E-state index in [0.717, 1.165) is 5.56 Å². The molecule has 3 N–H and O–H groups in total. The Morgan fingerprint density at radius 2 is 2.11 bits per heavy atom. The first-order valence-electron chi connectivity index (χ1n) is 8.43. The maximum atomic E-state index is 14.1. The molecule has 3 aliphatic heterocycles. The lowest BCUT2D eigenvalue weighted by Gasteiger charge is -2.26. The second-order valence-electron chi connectivity index (χ2n) is 6.60. The normalized spacial score (nSPS) is 21.9. The third-order valence-corrected chi connectivity index (χ3v) is 5.56. The van der Waals surface area contributed by atoms with Crippen molar-refractivity contribution >= 4 is 45.9 Å². The Morgan fingerprint density at radius 3 is 2.81 bits per heavy atom. The van der Waals surface area contributed by atoms with Gasteiger partial charge >= 0.3 is 0 Å². The average Bonchev–Trinajstić information content (AvgIpc) is 2.88. The van der Waals surface area contributed by atoms with Crippen molar-refractivity contribution < 1.29 is 18.6 Å². The Hall–Kier alpha value is -2.22. The van der Waals surface area contributed by atoms with Gasteiger partial charge in [-0.05, 0) is 29.3 Å². The van der Waals surface area contributed by atoms with Gasteiger partial charge in [-0.15, -0.1) is 0 Å². The monoisotopic (exact) mass is 409 g/mol. The number of fused-ring (bicyclic) bond motifs is 1. The van der Waals surface area contributed by atoms with E-state index in [0.29, 0.717) is 30.2 Å². The molecule has 1 aromatic rings. The molecule has 3 heterocycles. The number of allylic oxidation sites excluding steroid dienone is 2. The molecule has 27 heavy (non-hydrogen) atoms. The number of nitrogens with zero attached hydrogens (tertiary/aromatic N) is 1. The van der Waals surface area contributed by atoms with Gasteiger partial charge in [0.25, 0.3) is 17.1 Å². The van der Waals surface area contributed by atoms with Crippen LogP contribution >= 0.6 is 23.2 Å². The average molecular weight is 410 g/mol. The minimum Gasteiger partial charge on any atom is -0.323 e. The molecule has 0 aromatic heterocycles. The molecule has 0 aliphatic carbocycles. The molecule has 1 unspecified atom stereocenters. The third-order valence-electron chi connectivity index (χ3n) is 4.78. The summed E-state index contributed by atoms with van der Waals surface area (Å²) in [5.41, 5.74) is 1.60. The van der Waals surface area contributed by atoms with Crippen LogP contribution in [0.25, 0.3) is 0 Å². The van der Waals surface area contributed by atoms with Crippen LogP contribution in [-0.4, -0.2) is 40.7 Å². The highest BCUT2D eigenvalue weighted by Crippen LogP contribution is 2.27. The Bertz CT molecular complexity index is 937. The van der Waals surface area contributed by atoms with Gasteiger partial charge in [0.2, 0.25) is 11.6 Å². The van der Waals surface area contributed by atoms with Crippen molar-refractivity contribution in [1.29, 1.82) is 0 Å². The number of hydrogen-bond acceptors (Lipinski definition) is 3. The minimum atomic E-state index is -0.601. The molecule has 2 amide bonds. The van der Waals surface area contributed by atoms with Crippen molar-refractivity contribution in [3.63, 3.8) is 0 Å². The van der Waals surface area contributed by atoms with Crippen LogP contribution in [0.4, 0.5) is 10.1 Å². The van der Waals surface area contributed by atoms with Gasteiger partial charge in [-0.1, -0.05) is 17.7 Å². The van der Waals surface area contributed by atoms with E-state index >= 15 is 0 Å². The maximum Gasteiger partial charge on any atom is 0.297 e. The number of halogens is 3. The first-order valence-corrected chi connectivity index (χ1v) is 9.18. The molecule has 0 saturated carbocycles. The zero-order chi connectivity index (χ0) is 19.1. The van der Waals surface area contributed by atoms with Gasteiger partial charge in [0.05, 0.1) is 24.2 Å². The van der Waals surface area contributed by atoms with Crippen LogP contribution in [0.2, 0.25) is 0 Å². The zero-order valence-electron chi connectivity index (χ0n) is 14.1. The SMILES string of the molecule is O=C(Nc1cc(CC2=CNC(=O)C3C=C(Cl)C(Cl)=[N+]23)ccc1F)C1CNC1. The summed E-state index contributed by atoms with van der Waals surface area (Å²) in [4.78, 5) is 24.1. The molecular formula is C18H16Cl2FN4O2+. The fourth-order valence-electron chi connectivity index (χ4n) is 3.16. The first-order chi connectivity index (χ1) is 12.9. The van der Waals surface area contributed by atoms with Crippen LogP contribution in [0.5, 0.6) is 0 Å². The van der Waals surface area contributed by atoms with Gasteiger partial charge in [0.1, 0.15) is 10.8 Å². The number of hydrogen-bond donors (Lipinski definition) is 3. The summed E-state index contributed by atoms with van der Waals surface area (Å²) < 4.78 is 15.8. The number of anilines is 1. The molecule has 6 nitrogen and oxygen atoms in total. The standard InChI is InChI=1S/C18H15Cl2FN4O2/c19-12-5-15-18(27)23-8-11(25(15)16(12)20)3-9-1-2-13(21)14(4-9)24-17(26)10-6-22-7-10/h1-2,4-5,8,10,15,22H,3,6-7H2,(H-,23,24,26,27)/p+1. The second kappa shape index (κ2) is 7.07. The summed E-state index contributed by atoms with van der Waals surface area (Å²) in [5.74, 6) is -1.08. The van der Waals surface area contributed by atoms with Crippen molar-refractivity contribution in [3.05, 3.63) is 52.6 Å². The molecular weight excluding hydrogens is 394 g/mol. The van der Waals surface area contributed by atoms with Gasteiger partial charge in [0.15, 0.2) is 0 Å². The number of amides is 2. The highest BCUT2D eigenvalue weighted by Gasteiger charge is 2.42. The summed E-state index contributed by atoms with van der Waals surface area (Å²) in [6, 6.07) is 3.92. The van der Waals surface area contributed by atoms with E-state index < -0.39 is 11.9 Å². The molecule has 1 saturated heterocycles. The van der Waals surface area contributed by atoms with Gasteiger partial charge in [-0.2, -0.15) is 4.58 Å². The Balaban J connectivity index is 1.57. The highest BCUT2D eigenvalue weighted by atomic mass is 35.5. The van der Waals surface area contributed by atoms with E-state index in [2.05, 4.69) is 16.0 Å². The largest absolute Gasteiger partial charge is 0.323 e. The van der Waals surface area contributed by atoms with Crippen molar-refractivity contribution in [2.24, 2.45) is 5.92 Å². The first kappa shape index (κ1) is 18.2. The highest BCUT2D eigenvalue weighted by molar-refractivity contribution is 6.75. The van der Waals surface area contributed by atoms with Crippen LogP contribution in [0.15, 0.2) is 41.2 Å². The number of rotatable bonds is 4. The van der Waals surface area contributed by atoms with Gasteiger partial charge in [-0.25, -0.2) is 4.39 Å². The van der Waals surface area contributed by atoms with Crippen LogP contribution < -0.4 is 16.0 Å². The zero-order valence-corrected chi connectivity index (χ0v) is 15.6. The molecule has 0 bridgehead atoms. The quantitative estimate of drug-likeness (QED) is 0.662. The van der Waals surface area contributed by atoms with E-state index in [9.17, 15) is 14.0 Å². The predicted molar refractivity (Wildman–Crippen MR) is 100 cm³/mol. The lowest BCUT2D eigenvalue weighted by atomic mass is 10.0. The number of carbonyl (C=O) groups is 2. The fourth-order valence-corrected chi connectivity index (χ4v) is 3.65. The fraction of sp³-hybridized carbons (Fsp3) is 0.278. The third kappa shape index (κ3) is 3.38. The van der Waals surface area contributed by atoms with Gasteiger partial charge in [-0.3, -0.25) is 9.59 Å². The second-order valence-corrected chi connectivity index (χ2v) is 7.37. The van der Waals surface area contributed by atoms with E-state index in [1.54, 1.807) is 29.0 Å². The van der Waals surface area contributed by atoms with Crippen LogP contribution in [0.1, 0.15) is 5.56 Å². The van der Waals surface area contributed by atoms with Crippen molar-refractivity contribution in [2.75, 3.05) is 18.4 Å². The molecule has 140 valence electrons. The number of benzene rings is 1. The molecule has 1 atom stereocenters. The number of nitrogens with one attached hydrogen (secondary N) is 3. The summed E-state index contributed by atoms with van der Waals surface area (Å²) in [6.45, 7) is 1.19. The summed E-state index contributed by atoms with van der Waals surface area (Å²) in [5, 5.41) is 8.92. The molecule has 3 aliphatic rings. The van der Waals surface area contributed by atoms with Gasteiger partial charge < -0.3 is 16.0 Å². The van der Waals surface area contributed by atoms with Crippen molar-refractivity contribution in [1.82, 2.24) is 10.6 Å². The van der Waals surface area contributed by atoms with E-state index in [1.807, 2.05) is 0 Å². The summed E-state index contributed by atoms with van der Waals surface area (Å²) in [7, 11) is 0.